The Hall–Kier alpha value is -2.20. The zero-order chi connectivity index (χ0) is 17.8. The number of hydrogen-bond acceptors (Lipinski definition) is 2. The van der Waals surface area contributed by atoms with Crippen molar-refractivity contribution in [3.05, 3.63) is 71.0 Å². The molecular weight excluding hydrogens is 315 g/mol. The molecule has 0 aliphatic carbocycles. The summed E-state index contributed by atoms with van der Waals surface area (Å²) in [7, 11) is 1.74. The van der Waals surface area contributed by atoms with Crippen molar-refractivity contribution in [1.29, 1.82) is 0 Å². The normalized spacial score (nSPS) is 17.6. The van der Waals surface area contributed by atoms with Gasteiger partial charge in [0.25, 0.3) is 0 Å². The molecule has 0 radical (unpaired) electrons. The lowest BCUT2D eigenvalue weighted by Crippen LogP contribution is -2.38. The van der Waals surface area contributed by atoms with E-state index in [1.54, 1.807) is 30.1 Å². The van der Waals surface area contributed by atoms with Crippen LogP contribution in [0.4, 0.5) is 4.39 Å². The molecule has 1 atom stereocenters. The van der Waals surface area contributed by atoms with Gasteiger partial charge in [0.05, 0.1) is 6.54 Å². The summed E-state index contributed by atoms with van der Waals surface area (Å²) in [5.41, 5.74) is 3.07. The van der Waals surface area contributed by atoms with Crippen LogP contribution in [-0.2, 0) is 11.3 Å². The fraction of sp³-hybridized carbons (Fsp3) is 0.381. The topological polar surface area (TPSA) is 23.6 Å². The van der Waals surface area contributed by atoms with E-state index >= 15 is 0 Å². The van der Waals surface area contributed by atoms with Gasteiger partial charge in [-0.3, -0.25) is 9.69 Å². The van der Waals surface area contributed by atoms with Crippen LogP contribution in [0.15, 0.2) is 48.5 Å². The largest absolute Gasteiger partial charge is 0.340 e. The van der Waals surface area contributed by atoms with Crippen molar-refractivity contribution in [3.8, 4) is 0 Å². The van der Waals surface area contributed by atoms with E-state index in [-0.39, 0.29) is 11.7 Å². The molecular formula is C21H25FN2O. The molecule has 25 heavy (non-hydrogen) atoms. The van der Waals surface area contributed by atoms with Crippen LogP contribution in [0.25, 0.3) is 0 Å². The molecule has 2 aromatic rings. The van der Waals surface area contributed by atoms with Crippen LogP contribution in [0.1, 0.15) is 35.6 Å². The average molecular weight is 340 g/mol. The minimum Gasteiger partial charge on any atom is -0.340 e. The highest BCUT2D eigenvalue weighted by molar-refractivity contribution is 5.78. The number of likely N-dealkylation sites (tertiary alicyclic amines) is 1. The van der Waals surface area contributed by atoms with E-state index < -0.39 is 0 Å². The summed E-state index contributed by atoms with van der Waals surface area (Å²) in [5.74, 6) is -0.233. The molecule has 0 N–H and O–H groups in total. The molecule has 1 heterocycles. The van der Waals surface area contributed by atoms with E-state index in [9.17, 15) is 9.18 Å². The molecule has 0 saturated carbocycles. The Morgan fingerprint density at radius 3 is 2.64 bits per heavy atom. The Morgan fingerprint density at radius 1 is 1.20 bits per heavy atom. The van der Waals surface area contributed by atoms with Crippen molar-refractivity contribution >= 4 is 5.91 Å². The van der Waals surface area contributed by atoms with Crippen molar-refractivity contribution in [2.45, 2.75) is 32.4 Å². The van der Waals surface area contributed by atoms with E-state index in [1.165, 1.54) is 17.2 Å². The Labute approximate surface area is 149 Å². The maximum atomic E-state index is 13.8. The third kappa shape index (κ3) is 4.26. The van der Waals surface area contributed by atoms with Gasteiger partial charge in [0.15, 0.2) is 0 Å². The lowest BCUT2D eigenvalue weighted by atomic mass is 10.0. The Kier molecular flexibility index (Phi) is 5.49. The van der Waals surface area contributed by atoms with Crippen molar-refractivity contribution in [2.24, 2.45) is 0 Å². The number of likely N-dealkylation sites (N-methyl/N-ethyl adjacent to an activating group) is 1. The zero-order valence-corrected chi connectivity index (χ0v) is 14.9. The van der Waals surface area contributed by atoms with E-state index in [4.69, 9.17) is 0 Å². The molecule has 0 bridgehead atoms. The monoisotopic (exact) mass is 340 g/mol. The van der Waals surface area contributed by atoms with Crippen LogP contribution in [0.5, 0.6) is 0 Å². The van der Waals surface area contributed by atoms with Gasteiger partial charge in [-0.05, 0) is 37.9 Å². The highest BCUT2D eigenvalue weighted by Gasteiger charge is 2.28. The third-order valence-electron chi connectivity index (χ3n) is 4.96. The zero-order valence-electron chi connectivity index (χ0n) is 14.9. The average Bonchev–Trinajstić information content (AvgIpc) is 3.05. The first-order chi connectivity index (χ1) is 12.0. The van der Waals surface area contributed by atoms with Gasteiger partial charge in [-0.25, -0.2) is 4.39 Å². The standard InChI is InChI=1S/C21H25FN2O/c1-16-9-11-17(12-10-16)20-8-5-13-24(20)15-21(25)23(2)14-18-6-3-4-7-19(18)22/h3-4,6-7,9-12,20H,5,8,13-15H2,1-2H3. The molecule has 1 aliphatic rings. The number of benzene rings is 2. The molecule has 2 aromatic carbocycles. The molecule has 1 aliphatic heterocycles. The van der Waals surface area contributed by atoms with Crippen molar-refractivity contribution in [2.75, 3.05) is 20.1 Å². The maximum absolute atomic E-state index is 13.8. The van der Waals surface area contributed by atoms with Crippen LogP contribution in [0.3, 0.4) is 0 Å². The van der Waals surface area contributed by atoms with Gasteiger partial charge >= 0.3 is 0 Å². The minimum atomic E-state index is -0.263. The van der Waals surface area contributed by atoms with Crippen LogP contribution in [0, 0.1) is 12.7 Å². The second kappa shape index (κ2) is 7.79. The molecule has 1 unspecified atom stereocenters. The summed E-state index contributed by atoms with van der Waals surface area (Å²) in [6.07, 6.45) is 2.18. The van der Waals surface area contributed by atoms with Gasteiger partial charge < -0.3 is 4.90 Å². The number of halogens is 1. The number of nitrogens with zero attached hydrogens (tertiary/aromatic N) is 2. The Bertz CT molecular complexity index is 729. The summed E-state index contributed by atoms with van der Waals surface area (Å²) >= 11 is 0. The van der Waals surface area contributed by atoms with Crippen LogP contribution < -0.4 is 0 Å². The molecule has 3 rings (SSSR count). The number of carbonyl (C=O) groups excluding carboxylic acids is 1. The SMILES string of the molecule is Cc1ccc(C2CCCN2CC(=O)N(C)Cc2ccccc2F)cc1. The minimum absolute atomic E-state index is 0.0299. The molecule has 1 amide bonds. The molecule has 1 saturated heterocycles. The summed E-state index contributed by atoms with van der Waals surface area (Å²) < 4.78 is 13.8. The molecule has 0 spiro atoms. The van der Waals surface area contributed by atoms with E-state index in [0.717, 1.165) is 19.4 Å². The fourth-order valence-corrected chi connectivity index (χ4v) is 3.45. The first-order valence-electron chi connectivity index (χ1n) is 8.82. The van der Waals surface area contributed by atoms with Crippen molar-refractivity contribution < 1.29 is 9.18 Å². The quantitative estimate of drug-likeness (QED) is 0.823. The lowest BCUT2D eigenvalue weighted by Gasteiger charge is -2.27. The van der Waals surface area contributed by atoms with Crippen molar-refractivity contribution in [3.63, 3.8) is 0 Å². The number of aryl methyl sites for hydroxylation is 1. The van der Waals surface area contributed by atoms with Gasteiger partial charge in [-0.15, -0.1) is 0 Å². The lowest BCUT2D eigenvalue weighted by molar-refractivity contribution is -0.131. The molecule has 132 valence electrons. The first-order valence-corrected chi connectivity index (χ1v) is 8.82. The van der Waals surface area contributed by atoms with Gasteiger partial charge in [-0.2, -0.15) is 0 Å². The summed E-state index contributed by atoms with van der Waals surface area (Å²) in [4.78, 5) is 16.5. The second-order valence-corrected chi connectivity index (χ2v) is 6.88. The smallest absolute Gasteiger partial charge is 0.236 e. The second-order valence-electron chi connectivity index (χ2n) is 6.88. The predicted molar refractivity (Wildman–Crippen MR) is 97.6 cm³/mol. The van der Waals surface area contributed by atoms with Gasteiger partial charge in [-0.1, -0.05) is 48.0 Å². The number of amides is 1. The summed E-state index contributed by atoms with van der Waals surface area (Å²) in [6.45, 7) is 3.69. The third-order valence-corrected chi connectivity index (χ3v) is 4.96. The number of hydrogen-bond donors (Lipinski definition) is 0. The van der Waals surface area contributed by atoms with Crippen LogP contribution in [-0.4, -0.2) is 35.8 Å². The van der Waals surface area contributed by atoms with Gasteiger partial charge in [0, 0.05) is 25.2 Å². The fourth-order valence-electron chi connectivity index (χ4n) is 3.45. The van der Waals surface area contributed by atoms with Gasteiger partial charge in [0.2, 0.25) is 5.91 Å². The van der Waals surface area contributed by atoms with Crippen molar-refractivity contribution in [1.82, 2.24) is 9.80 Å². The van der Waals surface area contributed by atoms with E-state index in [2.05, 4.69) is 36.1 Å². The number of rotatable bonds is 5. The highest BCUT2D eigenvalue weighted by atomic mass is 19.1. The molecule has 0 aromatic heterocycles. The molecule has 1 fully saturated rings. The van der Waals surface area contributed by atoms with Gasteiger partial charge in [0.1, 0.15) is 5.82 Å². The Morgan fingerprint density at radius 2 is 1.92 bits per heavy atom. The number of carbonyl (C=O) groups is 1. The predicted octanol–water partition coefficient (Wildman–Crippen LogP) is 3.93. The highest BCUT2D eigenvalue weighted by Crippen LogP contribution is 2.31. The summed E-state index contributed by atoms with van der Waals surface area (Å²) in [5, 5.41) is 0. The summed E-state index contributed by atoms with van der Waals surface area (Å²) in [6, 6.07) is 15.5. The van der Waals surface area contributed by atoms with Crippen LogP contribution in [0.2, 0.25) is 0 Å². The Balaban J connectivity index is 1.63. The van der Waals surface area contributed by atoms with E-state index in [1.807, 2.05) is 0 Å². The first kappa shape index (κ1) is 17.6. The van der Waals surface area contributed by atoms with E-state index in [0.29, 0.717) is 24.7 Å². The van der Waals surface area contributed by atoms with Crippen LogP contribution >= 0.6 is 0 Å². The molecule has 3 nitrogen and oxygen atoms in total. The maximum Gasteiger partial charge on any atom is 0.236 e. The molecule has 4 heteroatoms.